The molecule has 2 aromatic heterocycles. The first kappa shape index (κ1) is 15.6. The van der Waals surface area contributed by atoms with Crippen LogP contribution in [0.15, 0.2) is 42.9 Å². The first-order chi connectivity index (χ1) is 12.2. The number of hydrogen-bond acceptors (Lipinski definition) is 5. The molecule has 0 atom stereocenters. The number of nitrogens with one attached hydrogen (secondary N) is 1. The maximum absolute atomic E-state index is 4.70. The van der Waals surface area contributed by atoms with Crippen molar-refractivity contribution in [2.24, 2.45) is 7.05 Å². The molecule has 0 amide bonds. The third-order valence-corrected chi connectivity index (χ3v) is 4.54. The molecular weight excluding hydrogens is 312 g/mol. The Morgan fingerprint density at radius 3 is 2.48 bits per heavy atom. The molecule has 1 aromatic carbocycles. The van der Waals surface area contributed by atoms with Gasteiger partial charge in [0.25, 0.3) is 0 Å². The average molecular weight is 334 g/mol. The van der Waals surface area contributed by atoms with Gasteiger partial charge in [0.15, 0.2) is 0 Å². The van der Waals surface area contributed by atoms with Gasteiger partial charge >= 0.3 is 0 Å². The van der Waals surface area contributed by atoms with Gasteiger partial charge in [0.2, 0.25) is 5.95 Å². The van der Waals surface area contributed by atoms with E-state index in [1.165, 1.54) is 18.5 Å². The van der Waals surface area contributed by atoms with E-state index >= 15 is 0 Å². The molecule has 3 heterocycles. The summed E-state index contributed by atoms with van der Waals surface area (Å²) in [5, 5.41) is 7.36. The van der Waals surface area contributed by atoms with Crippen molar-refractivity contribution in [2.75, 3.05) is 23.3 Å². The molecule has 128 valence electrons. The van der Waals surface area contributed by atoms with Crippen molar-refractivity contribution in [1.29, 1.82) is 0 Å². The molecule has 4 rings (SSSR count). The fraction of sp³-hybridized carbons (Fsp3) is 0.316. The van der Waals surface area contributed by atoms with Crippen LogP contribution in [0, 0.1) is 6.92 Å². The molecule has 0 bridgehead atoms. The van der Waals surface area contributed by atoms with E-state index in [0.717, 1.165) is 35.6 Å². The number of aromatic nitrogens is 4. The number of aryl methyl sites for hydroxylation is 2. The van der Waals surface area contributed by atoms with Crippen LogP contribution < -0.4 is 10.2 Å². The van der Waals surface area contributed by atoms with Gasteiger partial charge in [-0.3, -0.25) is 4.68 Å². The molecule has 6 nitrogen and oxygen atoms in total. The van der Waals surface area contributed by atoms with Gasteiger partial charge in [0.05, 0.1) is 17.6 Å². The molecule has 0 saturated carbocycles. The van der Waals surface area contributed by atoms with Gasteiger partial charge in [-0.2, -0.15) is 5.10 Å². The Bertz CT molecular complexity index is 862. The summed E-state index contributed by atoms with van der Waals surface area (Å²) >= 11 is 0. The Morgan fingerprint density at radius 2 is 1.80 bits per heavy atom. The van der Waals surface area contributed by atoms with Crippen LogP contribution in [0.4, 0.5) is 17.3 Å². The summed E-state index contributed by atoms with van der Waals surface area (Å²) in [6.45, 7) is 4.35. The topological polar surface area (TPSA) is 58.9 Å². The van der Waals surface area contributed by atoms with Crippen LogP contribution in [0.5, 0.6) is 0 Å². The molecule has 0 aliphatic carbocycles. The fourth-order valence-corrected chi connectivity index (χ4v) is 3.21. The molecule has 3 aromatic rings. The monoisotopic (exact) mass is 334 g/mol. The third kappa shape index (κ3) is 3.33. The lowest BCUT2D eigenvalue weighted by molar-refractivity contribution is 0.768. The Hall–Kier alpha value is -2.89. The first-order valence-corrected chi connectivity index (χ1v) is 8.64. The highest BCUT2D eigenvalue weighted by Crippen LogP contribution is 2.27. The Kier molecular flexibility index (Phi) is 4.09. The second-order valence-electron chi connectivity index (χ2n) is 6.49. The van der Waals surface area contributed by atoms with Crippen molar-refractivity contribution >= 4 is 17.3 Å². The van der Waals surface area contributed by atoms with Gasteiger partial charge in [-0.05, 0) is 37.5 Å². The molecule has 25 heavy (non-hydrogen) atoms. The smallest absolute Gasteiger partial charge is 0.227 e. The van der Waals surface area contributed by atoms with E-state index in [1.54, 1.807) is 10.9 Å². The van der Waals surface area contributed by atoms with E-state index in [1.807, 2.05) is 26.4 Å². The van der Waals surface area contributed by atoms with Gasteiger partial charge in [-0.25, -0.2) is 9.97 Å². The van der Waals surface area contributed by atoms with Crippen molar-refractivity contribution in [2.45, 2.75) is 19.8 Å². The van der Waals surface area contributed by atoms with Crippen LogP contribution in [0.2, 0.25) is 0 Å². The average Bonchev–Trinajstić information content (AvgIpc) is 3.29. The zero-order chi connectivity index (χ0) is 17.2. The van der Waals surface area contributed by atoms with Crippen molar-refractivity contribution < 1.29 is 0 Å². The lowest BCUT2D eigenvalue weighted by atomic mass is 10.1. The molecule has 1 aliphatic rings. The molecular formula is C19H22N6. The first-order valence-electron chi connectivity index (χ1n) is 8.64. The van der Waals surface area contributed by atoms with Gasteiger partial charge < -0.3 is 10.2 Å². The van der Waals surface area contributed by atoms with E-state index in [2.05, 4.69) is 44.6 Å². The highest BCUT2D eigenvalue weighted by Gasteiger charge is 2.13. The molecule has 6 heteroatoms. The molecule has 1 fully saturated rings. The Balaban J connectivity index is 1.59. The zero-order valence-electron chi connectivity index (χ0n) is 14.6. The minimum atomic E-state index is 0.581. The van der Waals surface area contributed by atoms with E-state index in [0.29, 0.717) is 5.95 Å². The van der Waals surface area contributed by atoms with Crippen molar-refractivity contribution in [1.82, 2.24) is 19.7 Å². The summed E-state index contributed by atoms with van der Waals surface area (Å²) in [5.41, 5.74) is 5.29. The van der Waals surface area contributed by atoms with Crippen LogP contribution in [0.25, 0.3) is 11.3 Å². The highest BCUT2D eigenvalue weighted by atomic mass is 15.3. The summed E-state index contributed by atoms with van der Waals surface area (Å²) < 4.78 is 1.74. The second kappa shape index (κ2) is 6.55. The lowest BCUT2D eigenvalue weighted by Gasteiger charge is -2.18. The molecule has 1 saturated heterocycles. The van der Waals surface area contributed by atoms with E-state index in [4.69, 9.17) is 4.98 Å². The van der Waals surface area contributed by atoms with Crippen molar-refractivity contribution in [3.05, 3.63) is 48.4 Å². The molecule has 0 unspecified atom stereocenters. The van der Waals surface area contributed by atoms with Crippen molar-refractivity contribution in [3.8, 4) is 11.3 Å². The normalized spacial score (nSPS) is 14.1. The van der Waals surface area contributed by atoms with Gasteiger partial charge in [0.1, 0.15) is 0 Å². The minimum Gasteiger partial charge on any atom is -0.372 e. The summed E-state index contributed by atoms with van der Waals surface area (Å²) in [6, 6.07) is 8.68. The second-order valence-corrected chi connectivity index (χ2v) is 6.49. The minimum absolute atomic E-state index is 0.581. The predicted octanol–water partition coefficient (Wildman–Crippen LogP) is 3.53. The number of benzene rings is 1. The maximum atomic E-state index is 4.70. The zero-order valence-corrected chi connectivity index (χ0v) is 14.6. The van der Waals surface area contributed by atoms with E-state index < -0.39 is 0 Å². The lowest BCUT2D eigenvalue weighted by Crippen LogP contribution is -2.17. The molecule has 0 spiro atoms. The van der Waals surface area contributed by atoms with Gasteiger partial charge in [-0.15, -0.1) is 0 Å². The summed E-state index contributed by atoms with van der Waals surface area (Å²) in [5.74, 6) is 0.581. The van der Waals surface area contributed by atoms with Crippen LogP contribution >= 0.6 is 0 Å². The number of nitrogens with zero attached hydrogens (tertiary/aromatic N) is 5. The number of anilines is 3. The largest absolute Gasteiger partial charge is 0.372 e. The standard InChI is InChI=1S/C19H22N6/c1-14-11-20-19(22-16-12-21-24(2)13-16)23-18(14)15-5-7-17(8-6-15)25-9-3-4-10-25/h5-8,11-13H,3-4,9-10H2,1-2H3,(H,20,22,23). The van der Waals surface area contributed by atoms with Gasteiger partial charge in [-0.1, -0.05) is 12.1 Å². The van der Waals surface area contributed by atoms with Gasteiger partial charge in [0, 0.05) is 43.8 Å². The molecule has 0 radical (unpaired) electrons. The summed E-state index contributed by atoms with van der Waals surface area (Å²) in [4.78, 5) is 11.5. The van der Waals surface area contributed by atoms with Crippen LogP contribution in [-0.2, 0) is 7.05 Å². The third-order valence-electron chi connectivity index (χ3n) is 4.54. The van der Waals surface area contributed by atoms with Crippen LogP contribution in [0.1, 0.15) is 18.4 Å². The Labute approximate surface area is 147 Å². The maximum Gasteiger partial charge on any atom is 0.227 e. The van der Waals surface area contributed by atoms with E-state index in [-0.39, 0.29) is 0 Å². The van der Waals surface area contributed by atoms with E-state index in [9.17, 15) is 0 Å². The highest BCUT2D eigenvalue weighted by molar-refractivity contribution is 5.67. The fourth-order valence-electron chi connectivity index (χ4n) is 3.21. The number of hydrogen-bond donors (Lipinski definition) is 1. The SMILES string of the molecule is Cc1cnc(Nc2cnn(C)c2)nc1-c1ccc(N2CCCC2)cc1. The quantitative estimate of drug-likeness (QED) is 0.791. The van der Waals surface area contributed by atoms with Crippen molar-refractivity contribution in [3.63, 3.8) is 0 Å². The number of rotatable bonds is 4. The Morgan fingerprint density at radius 1 is 1.04 bits per heavy atom. The summed E-state index contributed by atoms with van der Waals surface area (Å²) in [6.07, 6.45) is 8.09. The van der Waals surface area contributed by atoms with Crippen LogP contribution in [-0.4, -0.2) is 32.8 Å². The molecule has 1 N–H and O–H groups in total. The molecule has 1 aliphatic heterocycles. The predicted molar refractivity (Wildman–Crippen MR) is 100 cm³/mol. The summed E-state index contributed by atoms with van der Waals surface area (Å²) in [7, 11) is 1.88. The van der Waals surface area contributed by atoms with Crippen LogP contribution in [0.3, 0.4) is 0 Å².